The van der Waals surface area contributed by atoms with Crippen LogP contribution in [0, 0.1) is 0 Å². The zero-order valence-corrected chi connectivity index (χ0v) is 12.8. The molecule has 2 aromatic heterocycles. The maximum atomic E-state index is 11.9. The first-order valence-electron chi connectivity index (χ1n) is 6.25. The van der Waals surface area contributed by atoms with E-state index in [1.807, 2.05) is 19.1 Å². The summed E-state index contributed by atoms with van der Waals surface area (Å²) in [6.07, 6.45) is 1.64. The molecule has 4 nitrogen and oxygen atoms in total. The Kier molecular flexibility index (Phi) is 4.98. The Hall–Kier alpha value is -1.59. The zero-order valence-electron chi connectivity index (χ0n) is 11.2. The maximum absolute atomic E-state index is 11.9. The first-order valence-corrected chi connectivity index (χ1v) is 7.45. The summed E-state index contributed by atoms with van der Waals surface area (Å²) in [6, 6.07) is 7.23. The lowest BCUT2D eigenvalue weighted by atomic mass is 10.2. The van der Waals surface area contributed by atoms with Gasteiger partial charge in [-0.1, -0.05) is 11.6 Å². The van der Waals surface area contributed by atoms with E-state index in [9.17, 15) is 4.79 Å². The number of rotatable bonds is 5. The maximum Gasteiger partial charge on any atom is 0.341 e. The molecule has 106 valence electrons. The summed E-state index contributed by atoms with van der Waals surface area (Å²) in [5.41, 5.74) is 0.434. The monoisotopic (exact) mass is 310 g/mol. The zero-order chi connectivity index (χ0) is 14.5. The van der Waals surface area contributed by atoms with Crippen molar-refractivity contribution < 1.29 is 9.53 Å². The predicted molar refractivity (Wildman–Crippen MR) is 81.6 cm³/mol. The summed E-state index contributed by atoms with van der Waals surface area (Å²) in [7, 11) is 0. The first kappa shape index (κ1) is 14.8. The van der Waals surface area contributed by atoms with E-state index in [-0.39, 0.29) is 12.0 Å². The van der Waals surface area contributed by atoms with Gasteiger partial charge >= 0.3 is 5.97 Å². The molecule has 0 spiro atoms. The van der Waals surface area contributed by atoms with E-state index in [2.05, 4.69) is 10.3 Å². The molecule has 0 radical (unpaired) electrons. The third-order valence-corrected chi connectivity index (χ3v) is 4.09. The quantitative estimate of drug-likeness (QED) is 0.843. The minimum Gasteiger partial charge on any atom is -0.462 e. The molecular formula is C14H15ClN2O2S. The molecule has 2 heterocycles. The van der Waals surface area contributed by atoms with Gasteiger partial charge in [-0.15, -0.1) is 11.3 Å². The van der Waals surface area contributed by atoms with Crippen molar-refractivity contribution in [3.05, 3.63) is 45.2 Å². The third-order valence-electron chi connectivity index (χ3n) is 2.68. The highest BCUT2D eigenvalue weighted by molar-refractivity contribution is 7.16. The van der Waals surface area contributed by atoms with Crippen LogP contribution in [-0.2, 0) is 4.74 Å². The number of nitrogens with zero attached hydrogens (tertiary/aromatic N) is 1. The van der Waals surface area contributed by atoms with Crippen LogP contribution < -0.4 is 5.32 Å². The van der Waals surface area contributed by atoms with E-state index in [0.29, 0.717) is 18.0 Å². The molecule has 0 saturated heterocycles. The number of carbonyl (C=O) groups excluding carboxylic acids is 1. The van der Waals surface area contributed by atoms with E-state index in [0.717, 1.165) is 9.21 Å². The minimum absolute atomic E-state index is 0.00979. The SMILES string of the molecule is CCOC(=O)c1cccnc1NC(C)c1ccc(Cl)s1. The number of hydrogen-bond donors (Lipinski definition) is 1. The van der Waals surface area contributed by atoms with Crippen LogP contribution in [0.3, 0.4) is 0 Å². The van der Waals surface area contributed by atoms with Crippen molar-refractivity contribution >= 4 is 34.7 Å². The highest BCUT2D eigenvalue weighted by atomic mass is 35.5. The molecule has 2 aromatic rings. The number of thiophene rings is 1. The van der Waals surface area contributed by atoms with Gasteiger partial charge in [0.25, 0.3) is 0 Å². The average Bonchev–Trinajstić information content (AvgIpc) is 2.86. The lowest BCUT2D eigenvalue weighted by molar-refractivity contribution is 0.0527. The van der Waals surface area contributed by atoms with Crippen LogP contribution in [0.2, 0.25) is 4.34 Å². The number of esters is 1. The van der Waals surface area contributed by atoms with Crippen LogP contribution in [-0.4, -0.2) is 17.6 Å². The fourth-order valence-corrected chi connectivity index (χ4v) is 2.79. The van der Waals surface area contributed by atoms with E-state index >= 15 is 0 Å². The second-order valence-corrected chi connectivity index (χ2v) is 5.87. The van der Waals surface area contributed by atoms with Crippen LogP contribution in [0.15, 0.2) is 30.5 Å². The Morgan fingerprint density at radius 3 is 2.95 bits per heavy atom. The molecule has 6 heteroatoms. The average molecular weight is 311 g/mol. The Balaban J connectivity index is 2.18. The molecular weight excluding hydrogens is 296 g/mol. The fourth-order valence-electron chi connectivity index (χ4n) is 1.73. The molecule has 20 heavy (non-hydrogen) atoms. The first-order chi connectivity index (χ1) is 9.61. The normalized spacial score (nSPS) is 11.9. The van der Waals surface area contributed by atoms with E-state index < -0.39 is 0 Å². The van der Waals surface area contributed by atoms with E-state index in [1.165, 1.54) is 11.3 Å². The highest BCUT2D eigenvalue weighted by Crippen LogP contribution is 2.29. The van der Waals surface area contributed by atoms with Gasteiger partial charge in [-0.2, -0.15) is 0 Å². The van der Waals surface area contributed by atoms with Gasteiger partial charge in [0.1, 0.15) is 11.4 Å². The minimum atomic E-state index is -0.375. The van der Waals surface area contributed by atoms with Crippen LogP contribution in [0.1, 0.15) is 35.1 Å². The molecule has 0 aliphatic rings. The summed E-state index contributed by atoms with van der Waals surface area (Å²) >= 11 is 7.43. The smallest absolute Gasteiger partial charge is 0.341 e. The molecule has 1 atom stereocenters. The van der Waals surface area contributed by atoms with Gasteiger partial charge in [0.2, 0.25) is 0 Å². The molecule has 0 saturated carbocycles. The van der Waals surface area contributed by atoms with Crippen molar-refractivity contribution in [2.24, 2.45) is 0 Å². The molecule has 0 aliphatic heterocycles. The van der Waals surface area contributed by atoms with E-state index in [1.54, 1.807) is 25.3 Å². The number of ether oxygens (including phenoxy) is 1. The topological polar surface area (TPSA) is 51.2 Å². The number of carbonyl (C=O) groups is 1. The second-order valence-electron chi connectivity index (χ2n) is 4.13. The Morgan fingerprint density at radius 2 is 2.30 bits per heavy atom. The number of halogens is 1. The van der Waals surface area contributed by atoms with Crippen molar-refractivity contribution in [3.63, 3.8) is 0 Å². The highest BCUT2D eigenvalue weighted by Gasteiger charge is 2.16. The molecule has 0 amide bonds. The summed E-state index contributed by atoms with van der Waals surface area (Å²) in [4.78, 5) is 17.2. The van der Waals surface area contributed by atoms with Crippen molar-refractivity contribution in [1.29, 1.82) is 0 Å². The lowest BCUT2D eigenvalue weighted by Gasteiger charge is -2.15. The predicted octanol–water partition coefficient (Wildman–Crippen LogP) is 4.15. The summed E-state index contributed by atoms with van der Waals surface area (Å²) in [5, 5.41) is 3.22. The Morgan fingerprint density at radius 1 is 1.50 bits per heavy atom. The fraction of sp³-hybridized carbons (Fsp3) is 0.286. The van der Waals surface area contributed by atoms with Crippen molar-refractivity contribution in [2.75, 3.05) is 11.9 Å². The number of anilines is 1. The van der Waals surface area contributed by atoms with Gasteiger partial charge in [0.15, 0.2) is 0 Å². The van der Waals surface area contributed by atoms with Gasteiger partial charge in [-0.3, -0.25) is 0 Å². The summed E-state index contributed by atoms with van der Waals surface area (Å²) in [6.45, 7) is 4.10. The molecule has 1 unspecified atom stereocenters. The molecule has 2 rings (SSSR count). The Labute approximate surface area is 126 Å². The summed E-state index contributed by atoms with van der Waals surface area (Å²) < 4.78 is 5.76. The summed E-state index contributed by atoms with van der Waals surface area (Å²) in [5.74, 6) is 0.141. The van der Waals surface area contributed by atoms with Crippen LogP contribution in [0.25, 0.3) is 0 Å². The van der Waals surface area contributed by atoms with Gasteiger partial charge < -0.3 is 10.1 Å². The van der Waals surface area contributed by atoms with E-state index in [4.69, 9.17) is 16.3 Å². The van der Waals surface area contributed by atoms with Gasteiger partial charge in [-0.25, -0.2) is 9.78 Å². The molecule has 0 aliphatic carbocycles. The number of pyridine rings is 1. The second kappa shape index (κ2) is 6.72. The van der Waals surface area contributed by atoms with Crippen molar-refractivity contribution in [1.82, 2.24) is 4.98 Å². The number of hydrogen-bond acceptors (Lipinski definition) is 5. The molecule has 1 N–H and O–H groups in total. The van der Waals surface area contributed by atoms with Gasteiger partial charge in [0.05, 0.1) is 17.0 Å². The van der Waals surface area contributed by atoms with Gasteiger partial charge in [0, 0.05) is 11.1 Å². The third kappa shape index (κ3) is 3.49. The van der Waals surface area contributed by atoms with Crippen LogP contribution in [0.5, 0.6) is 0 Å². The van der Waals surface area contributed by atoms with Crippen LogP contribution in [0.4, 0.5) is 5.82 Å². The molecule has 0 aromatic carbocycles. The number of nitrogens with one attached hydrogen (secondary N) is 1. The van der Waals surface area contributed by atoms with Crippen LogP contribution >= 0.6 is 22.9 Å². The molecule has 0 bridgehead atoms. The number of aromatic nitrogens is 1. The van der Waals surface area contributed by atoms with Crippen molar-refractivity contribution in [2.45, 2.75) is 19.9 Å². The molecule has 0 fully saturated rings. The van der Waals surface area contributed by atoms with Gasteiger partial charge in [-0.05, 0) is 38.1 Å². The lowest BCUT2D eigenvalue weighted by Crippen LogP contribution is -2.13. The Bertz CT molecular complexity index is 600. The largest absolute Gasteiger partial charge is 0.462 e. The standard InChI is InChI=1S/C14H15ClN2O2S/c1-3-19-14(18)10-5-4-8-16-13(10)17-9(2)11-6-7-12(15)20-11/h4-9H,3H2,1-2H3,(H,16,17). The van der Waals surface area contributed by atoms with Crippen molar-refractivity contribution in [3.8, 4) is 0 Å².